The van der Waals surface area contributed by atoms with Gasteiger partial charge in [-0.25, -0.2) is 4.79 Å². The lowest BCUT2D eigenvalue weighted by molar-refractivity contribution is -0.143. The van der Waals surface area contributed by atoms with Crippen LogP contribution in [0.2, 0.25) is 0 Å². The molecule has 0 aromatic heterocycles. The molecule has 2 aromatic rings. The number of esters is 1. The van der Waals surface area contributed by atoms with Gasteiger partial charge in [-0.2, -0.15) is 0 Å². The number of aromatic hydroxyl groups is 2. The minimum atomic E-state index is -0.891. The summed E-state index contributed by atoms with van der Waals surface area (Å²) in [4.78, 5) is 24.4. The molecule has 0 saturated heterocycles. The van der Waals surface area contributed by atoms with Gasteiger partial charge in [0.25, 0.3) is 5.91 Å². The van der Waals surface area contributed by atoms with E-state index in [2.05, 4.69) is 5.32 Å². The molecule has 0 aliphatic heterocycles. The van der Waals surface area contributed by atoms with E-state index in [4.69, 9.17) is 4.74 Å². The highest BCUT2D eigenvalue weighted by Crippen LogP contribution is 2.28. The molecule has 0 aliphatic carbocycles. The molecule has 25 heavy (non-hydrogen) atoms. The summed E-state index contributed by atoms with van der Waals surface area (Å²) in [5.41, 5.74) is 1.37. The Bertz CT molecular complexity index is 735. The highest BCUT2D eigenvalue weighted by molar-refractivity contribution is 6.01. The first-order valence-electron chi connectivity index (χ1n) is 7.87. The third-order valence-corrected chi connectivity index (χ3v) is 3.82. The van der Waals surface area contributed by atoms with Crippen molar-refractivity contribution in [3.63, 3.8) is 0 Å². The summed E-state index contributed by atoms with van der Waals surface area (Å²) in [5, 5.41) is 22.4. The second-order valence-corrected chi connectivity index (χ2v) is 5.75. The van der Waals surface area contributed by atoms with Gasteiger partial charge in [0.15, 0.2) is 0 Å². The Morgan fingerprint density at radius 1 is 1.12 bits per heavy atom. The maximum Gasteiger partial charge on any atom is 0.328 e. The number of carbonyl (C=O) groups excluding carboxylic acids is 2. The van der Waals surface area contributed by atoms with E-state index in [9.17, 15) is 19.8 Å². The molecule has 6 heteroatoms. The first-order chi connectivity index (χ1) is 11.9. The lowest BCUT2D eigenvalue weighted by Gasteiger charge is -2.17. The van der Waals surface area contributed by atoms with Crippen molar-refractivity contribution in [2.75, 3.05) is 7.11 Å². The zero-order valence-corrected chi connectivity index (χ0v) is 14.2. The van der Waals surface area contributed by atoms with Crippen molar-refractivity contribution in [1.29, 1.82) is 0 Å². The number of benzene rings is 2. The zero-order valence-electron chi connectivity index (χ0n) is 14.2. The Morgan fingerprint density at radius 3 is 2.28 bits per heavy atom. The van der Waals surface area contributed by atoms with Gasteiger partial charge in [-0.05, 0) is 43.0 Å². The summed E-state index contributed by atoms with van der Waals surface area (Å²) in [5.74, 6) is -2.02. The van der Waals surface area contributed by atoms with Crippen LogP contribution in [0.15, 0.2) is 42.5 Å². The van der Waals surface area contributed by atoms with Gasteiger partial charge >= 0.3 is 5.97 Å². The van der Waals surface area contributed by atoms with Crippen LogP contribution in [0.5, 0.6) is 11.5 Å². The van der Waals surface area contributed by atoms with E-state index in [1.54, 1.807) is 6.92 Å². The van der Waals surface area contributed by atoms with Crippen LogP contribution >= 0.6 is 0 Å². The van der Waals surface area contributed by atoms with Crippen molar-refractivity contribution in [3.8, 4) is 11.5 Å². The first kappa shape index (κ1) is 18.3. The molecule has 0 saturated carbocycles. The Labute approximate surface area is 146 Å². The number of aryl methyl sites for hydroxylation is 2. The fourth-order valence-electron chi connectivity index (χ4n) is 2.56. The van der Waals surface area contributed by atoms with Gasteiger partial charge < -0.3 is 20.3 Å². The minimum absolute atomic E-state index is 0.265. The quantitative estimate of drug-likeness (QED) is 0.700. The van der Waals surface area contributed by atoms with Gasteiger partial charge in [-0.1, -0.05) is 30.3 Å². The minimum Gasteiger partial charge on any atom is -0.507 e. The standard InChI is InChI=1S/C19H21NO5/c1-12-10-15(21)17(16(22)11-12)18(23)20-14(19(24)25-2)9-8-13-6-4-3-5-7-13/h3-7,10-11,14,21-22H,8-9H2,1-2H3,(H,20,23)/t14-/m0/s1. The molecule has 0 radical (unpaired) electrons. The van der Waals surface area contributed by atoms with Crippen molar-refractivity contribution in [1.82, 2.24) is 5.32 Å². The number of carbonyl (C=O) groups is 2. The zero-order chi connectivity index (χ0) is 18.4. The first-order valence-corrected chi connectivity index (χ1v) is 7.87. The molecule has 0 bridgehead atoms. The van der Waals surface area contributed by atoms with Crippen molar-refractivity contribution in [2.24, 2.45) is 0 Å². The van der Waals surface area contributed by atoms with Gasteiger partial charge in [0, 0.05) is 0 Å². The van der Waals surface area contributed by atoms with Crippen LogP contribution in [0, 0.1) is 6.92 Å². The largest absolute Gasteiger partial charge is 0.507 e. The number of phenolic OH excluding ortho intramolecular Hbond substituents is 2. The van der Waals surface area contributed by atoms with E-state index in [0.717, 1.165) is 5.56 Å². The van der Waals surface area contributed by atoms with Crippen LogP contribution in [-0.2, 0) is 16.0 Å². The van der Waals surface area contributed by atoms with Gasteiger partial charge in [-0.3, -0.25) is 4.79 Å². The number of methoxy groups -OCH3 is 1. The molecule has 1 amide bonds. The molecular formula is C19H21NO5. The molecule has 6 nitrogen and oxygen atoms in total. The van der Waals surface area contributed by atoms with Crippen molar-refractivity contribution >= 4 is 11.9 Å². The molecule has 1 atom stereocenters. The van der Waals surface area contributed by atoms with E-state index in [0.29, 0.717) is 18.4 Å². The van der Waals surface area contributed by atoms with Crippen LogP contribution < -0.4 is 5.32 Å². The molecule has 0 aliphatic rings. The lowest BCUT2D eigenvalue weighted by atomic mass is 10.0. The molecule has 0 spiro atoms. The predicted octanol–water partition coefficient (Wildman–Crippen LogP) is 2.31. The smallest absolute Gasteiger partial charge is 0.328 e. The molecule has 2 rings (SSSR count). The van der Waals surface area contributed by atoms with E-state index in [-0.39, 0.29) is 17.1 Å². The number of rotatable bonds is 6. The molecule has 2 aromatic carbocycles. The van der Waals surface area contributed by atoms with Gasteiger partial charge in [0.05, 0.1) is 7.11 Å². The van der Waals surface area contributed by atoms with Crippen LogP contribution in [-0.4, -0.2) is 35.2 Å². The van der Waals surface area contributed by atoms with Crippen LogP contribution in [0.3, 0.4) is 0 Å². The van der Waals surface area contributed by atoms with Crippen molar-refractivity contribution in [3.05, 3.63) is 59.2 Å². The third-order valence-electron chi connectivity index (χ3n) is 3.82. The Kier molecular flexibility index (Phi) is 6.00. The molecule has 0 unspecified atom stereocenters. The fraction of sp³-hybridized carbons (Fsp3) is 0.263. The fourth-order valence-corrected chi connectivity index (χ4v) is 2.56. The Balaban J connectivity index is 2.14. The summed E-state index contributed by atoms with van der Waals surface area (Å²) in [6.45, 7) is 1.68. The van der Waals surface area contributed by atoms with E-state index in [1.165, 1.54) is 19.2 Å². The number of hydrogen-bond donors (Lipinski definition) is 3. The van der Waals surface area contributed by atoms with E-state index < -0.39 is 17.9 Å². The molecule has 0 heterocycles. The van der Waals surface area contributed by atoms with Crippen LogP contribution in [0.4, 0.5) is 0 Å². The van der Waals surface area contributed by atoms with Gasteiger partial charge in [0.2, 0.25) is 0 Å². The highest BCUT2D eigenvalue weighted by Gasteiger charge is 2.25. The molecular weight excluding hydrogens is 322 g/mol. The maximum atomic E-state index is 12.4. The summed E-state index contributed by atoms with van der Waals surface area (Å²) in [6.07, 6.45) is 0.891. The SMILES string of the molecule is COC(=O)[C@H](CCc1ccccc1)NC(=O)c1c(O)cc(C)cc1O. The number of hydrogen-bond acceptors (Lipinski definition) is 5. The highest BCUT2D eigenvalue weighted by atomic mass is 16.5. The van der Waals surface area contributed by atoms with Crippen molar-refractivity contribution < 1.29 is 24.5 Å². The second-order valence-electron chi connectivity index (χ2n) is 5.75. The average molecular weight is 343 g/mol. The Morgan fingerprint density at radius 2 is 1.72 bits per heavy atom. The monoisotopic (exact) mass is 343 g/mol. The second kappa shape index (κ2) is 8.19. The average Bonchev–Trinajstić information content (AvgIpc) is 2.57. The van der Waals surface area contributed by atoms with Crippen LogP contribution in [0.25, 0.3) is 0 Å². The normalized spacial score (nSPS) is 11.6. The van der Waals surface area contributed by atoms with Gasteiger partial charge in [0.1, 0.15) is 23.1 Å². The maximum absolute atomic E-state index is 12.4. The third kappa shape index (κ3) is 4.73. The topological polar surface area (TPSA) is 95.9 Å². The summed E-state index contributed by atoms with van der Waals surface area (Å²) in [7, 11) is 1.24. The van der Waals surface area contributed by atoms with E-state index in [1.807, 2.05) is 30.3 Å². The lowest BCUT2D eigenvalue weighted by Crippen LogP contribution is -2.41. The predicted molar refractivity (Wildman–Crippen MR) is 92.5 cm³/mol. The van der Waals surface area contributed by atoms with Crippen molar-refractivity contribution in [2.45, 2.75) is 25.8 Å². The van der Waals surface area contributed by atoms with E-state index >= 15 is 0 Å². The Hall–Kier alpha value is -3.02. The molecule has 0 fully saturated rings. The summed E-state index contributed by atoms with van der Waals surface area (Å²) in [6, 6.07) is 11.4. The van der Waals surface area contributed by atoms with Crippen LogP contribution in [0.1, 0.15) is 27.9 Å². The number of ether oxygens (including phenoxy) is 1. The number of phenols is 2. The molecule has 132 valence electrons. The molecule has 3 N–H and O–H groups in total. The number of nitrogens with one attached hydrogen (secondary N) is 1. The number of amides is 1. The van der Waals surface area contributed by atoms with Gasteiger partial charge in [-0.15, -0.1) is 0 Å². The summed E-state index contributed by atoms with van der Waals surface area (Å²) < 4.78 is 4.74. The summed E-state index contributed by atoms with van der Waals surface area (Å²) >= 11 is 0.